The van der Waals surface area contributed by atoms with Gasteiger partial charge in [-0.05, 0) is 6.42 Å². The molecule has 4 N–H and O–H groups in total. The molecule has 0 saturated carbocycles. The standard InChI is InChI=1S/C8H14N4O/c1-2-3-4-12-5-6(8(10)13)7(9)11-12/h5H,2-4H2,1H3,(H2,9,11)(H2,10,13). The molecule has 1 rings (SSSR count). The number of nitrogen functional groups attached to an aromatic ring is 1. The summed E-state index contributed by atoms with van der Waals surface area (Å²) in [7, 11) is 0. The number of nitrogens with zero attached hydrogens (tertiary/aromatic N) is 2. The number of carbonyl (C=O) groups excluding carboxylic acids is 1. The quantitative estimate of drug-likeness (QED) is 0.705. The third kappa shape index (κ3) is 2.21. The second kappa shape index (κ2) is 3.93. The van der Waals surface area contributed by atoms with Crippen molar-refractivity contribution >= 4 is 11.7 Å². The highest BCUT2D eigenvalue weighted by Crippen LogP contribution is 2.08. The van der Waals surface area contributed by atoms with Crippen LogP contribution in [0.25, 0.3) is 0 Å². The van der Waals surface area contributed by atoms with Crippen molar-refractivity contribution < 1.29 is 4.79 Å². The first-order chi connectivity index (χ1) is 6.15. The maximum atomic E-state index is 10.8. The molecule has 0 radical (unpaired) electrons. The first kappa shape index (κ1) is 9.57. The normalized spacial score (nSPS) is 10.2. The average molecular weight is 182 g/mol. The molecule has 0 aliphatic carbocycles. The van der Waals surface area contributed by atoms with E-state index in [-0.39, 0.29) is 5.82 Å². The lowest BCUT2D eigenvalue weighted by Gasteiger charge is -1.96. The van der Waals surface area contributed by atoms with Gasteiger partial charge in [-0.15, -0.1) is 0 Å². The van der Waals surface area contributed by atoms with Crippen LogP contribution in [0.4, 0.5) is 5.82 Å². The number of rotatable bonds is 4. The fourth-order valence-electron chi connectivity index (χ4n) is 1.06. The molecule has 0 unspecified atom stereocenters. The predicted molar refractivity (Wildman–Crippen MR) is 50.1 cm³/mol. The monoisotopic (exact) mass is 182 g/mol. The van der Waals surface area contributed by atoms with Crippen LogP contribution in [0.5, 0.6) is 0 Å². The maximum absolute atomic E-state index is 10.8. The summed E-state index contributed by atoms with van der Waals surface area (Å²) >= 11 is 0. The van der Waals surface area contributed by atoms with Gasteiger partial charge in [-0.3, -0.25) is 9.48 Å². The van der Waals surface area contributed by atoms with Crippen molar-refractivity contribution in [2.24, 2.45) is 5.73 Å². The van der Waals surface area contributed by atoms with Gasteiger partial charge in [0.1, 0.15) is 5.56 Å². The first-order valence-electron chi connectivity index (χ1n) is 4.28. The molecular weight excluding hydrogens is 168 g/mol. The Balaban J connectivity index is 2.76. The minimum absolute atomic E-state index is 0.212. The van der Waals surface area contributed by atoms with Gasteiger partial charge in [0, 0.05) is 12.7 Å². The van der Waals surface area contributed by atoms with E-state index >= 15 is 0 Å². The van der Waals surface area contributed by atoms with Gasteiger partial charge in [0.2, 0.25) is 0 Å². The summed E-state index contributed by atoms with van der Waals surface area (Å²) in [4.78, 5) is 10.8. The Hall–Kier alpha value is -1.52. The molecule has 0 fully saturated rings. The second-order valence-corrected chi connectivity index (χ2v) is 2.91. The minimum Gasteiger partial charge on any atom is -0.382 e. The Labute approximate surface area is 76.7 Å². The second-order valence-electron chi connectivity index (χ2n) is 2.91. The van der Waals surface area contributed by atoms with Crippen molar-refractivity contribution in [3.8, 4) is 0 Å². The van der Waals surface area contributed by atoms with Crippen LogP contribution in [0, 0.1) is 0 Å². The number of nitrogens with two attached hydrogens (primary N) is 2. The van der Waals surface area contributed by atoms with Crippen LogP contribution < -0.4 is 11.5 Å². The van der Waals surface area contributed by atoms with Crippen molar-refractivity contribution in [3.63, 3.8) is 0 Å². The average Bonchev–Trinajstić information content (AvgIpc) is 2.43. The highest BCUT2D eigenvalue weighted by Gasteiger charge is 2.09. The molecule has 5 heteroatoms. The van der Waals surface area contributed by atoms with Crippen molar-refractivity contribution in [3.05, 3.63) is 11.8 Å². The van der Waals surface area contributed by atoms with Gasteiger partial charge in [-0.2, -0.15) is 5.10 Å². The number of primary amides is 1. The van der Waals surface area contributed by atoms with Crippen LogP contribution >= 0.6 is 0 Å². The summed E-state index contributed by atoms with van der Waals surface area (Å²) in [5.41, 5.74) is 10.9. The zero-order chi connectivity index (χ0) is 9.84. The SMILES string of the molecule is CCCCn1cc(C(N)=O)c(N)n1. The van der Waals surface area contributed by atoms with Crippen LogP contribution in [0.15, 0.2) is 6.20 Å². The van der Waals surface area contributed by atoms with Crippen LogP contribution in [0.2, 0.25) is 0 Å². The number of hydrogen-bond donors (Lipinski definition) is 2. The molecule has 72 valence electrons. The molecule has 1 heterocycles. The van der Waals surface area contributed by atoms with E-state index in [0.717, 1.165) is 19.4 Å². The molecule has 13 heavy (non-hydrogen) atoms. The fraction of sp³-hybridized carbons (Fsp3) is 0.500. The van der Waals surface area contributed by atoms with Gasteiger partial charge in [0.25, 0.3) is 5.91 Å². The van der Waals surface area contributed by atoms with Crippen LogP contribution in [-0.4, -0.2) is 15.7 Å². The van der Waals surface area contributed by atoms with E-state index in [2.05, 4.69) is 12.0 Å². The number of aromatic nitrogens is 2. The molecule has 0 aliphatic heterocycles. The summed E-state index contributed by atoms with van der Waals surface area (Å²) in [6.45, 7) is 2.86. The highest BCUT2D eigenvalue weighted by atomic mass is 16.1. The van der Waals surface area contributed by atoms with Gasteiger partial charge in [-0.25, -0.2) is 0 Å². The molecule has 1 amide bonds. The molecule has 0 atom stereocenters. The summed E-state index contributed by atoms with van der Waals surface area (Å²) in [6.07, 6.45) is 3.68. The summed E-state index contributed by atoms with van der Waals surface area (Å²) < 4.78 is 1.65. The Kier molecular flexibility index (Phi) is 2.89. The van der Waals surface area contributed by atoms with E-state index in [1.165, 1.54) is 0 Å². The number of aryl methyl sites for hydroxylation is 1. The van der Waals surface area contributed by atoms with Crippen LogP contribution in [0.1, 0.15) is 30.1 Å². The van der Waals surface area contributed by atoms with Crippen LogP contribution in [-0.2, 0) is 6.54 Å². The van der Waals surface area contributed by atoms with Crippen molar-refractivity contribution in [2.45, 2.75) is 26.3 Å². The summed E-state index contributed by atoms with van der Waals surface area (Å²) in [5, 5.41) is 3.96. The van der Waals surface area contributed by atoms with E-state index in [1.807, 2.05) is 0 Å². The third-order valence-corrected chi connectivity index (χ3v) is 1.80. The number of hydrogen-bond acceptors (Lipinski definition) is 3. The molecule has 1 aromatic rings. The summed E-state index contributed by atoms with van der Waals surface area (Å²) in [6, 6.07) is 0. The molecule has 0 aromatic carbocycles. The number of anilines is 1. The van der Waals surface area contributed by atoms with E-state index in [4.69, 9.17) is 11.5 Å². The van der Waals surface area contributed by atoms with Crippen molar-refractivity contribution in [2.75, 3.05) is 5.73 Å². The van der Waals surface area contributed by atoms with Gasteiger partial charge < -0.3 is 11.5 Å². The zero-order valence-electron chi connectivity index (χ0n) is 7.66. The number of carbonyl (C=O) groups is 1. The smallest absolute Gasteiger partial charge is 0.254 e. The fourth-order valence-corrected chi connectivity index (χ4v) is 1.06. The summed E-state index contributed by atoms with van der Waals surface area (Å²) in [5.74, 6) is -0.316. The van der Waals surface area contributed by atoms with Gasteiger partial charge in [0.15, 0.2) is 5.82 Å². The van der Waals surface area contributed by atoms with E-state index < -0.39 is 5.91 Å². The molecule has 0 bridgehead atoms. The Morgan fingerprint density at radius 3 is 2.85 bits per heavy atom. The van der Waals surface area contributed by atoms with Gasteiger partial charge in [-0.1, -0.05) is 13.3 Å². The molecule has 1 aromatic heterocycles. The largest absolute Gasteiger partial charge is 0.382 e. The molecule has 0 spiro atoms. The first-order valence-corrected chi connectivity index (χ1v) is 4.28. The Morgan fingerprint density at radius 1 is 1.69 bits per heavy atom. The lowest BCUT2D eigenvalue weighted by molar-refractivity contribution is 0.100. The Bertz CT molecular complexity index is 305. The Morgan fingerprint density at radius 2 is 2.38 bits per heavy atom. The minimum atomic E-state index is -0.528. The van der Waals surface area contributed by atoms with E-state index in [1.54, 1.807) is 10.9 Å². The van der Waals surface area contributed by atoms with Crippen molar-refractivity contribution in [1.29, 1.82) is 0 Å². The molecule has 0 aliphatic rings. The van der Waals surface area contributed by atoms with Crippen LogP contribution in [0.3, 0.4) is 0 Å². The topological polar surface area (TPSA) is 86.9 Å². The molecular formula is C8H14N4O. The predicted octanol–water partition coefficient (Wildman–Crippen LogP) is 0.364. The molecule has 5 nitrogen and oxygen atoms in total. The highest BCUT2D eigenvalue weighted by molar-refractivity contribution is 5.96. The lowest BCUT2D eigenvalue weighted by atomic mass is 10.3. The number of amides is 1. The zero-order valence-corrected chi connectivity index (χ0v) is 7.66. The van der Waals surface area contributed by atoms with E-state index in [0.29, 0.717) is 5.56 Å². The van der Waals surface area contributed by atoms with Crippen molar-refractivity contribution in [1.82, 2.24) is 9.78 Å². The maximum Gasteiger partial charge on any atom is 0.254 e. The van der Waals surface area contributed by atoms with Gasteiger partial charge >= 0.3 is 0 Å². The third-order valence-electron chi connectivity index (χ3n) is 1.80. The number of unbranched alkanes of at least 4 members (excludes halogenated alkanes) is 1. The molecule has 0 saturated heterocycles. The van der Waals surface area contributed by atoms with Gasteiger partial charge in [0.05, 0.1) is 0 Å². The lowest BCUT2D eigenvalue weighted by Crippen LogP contribution is -2.11. The van der Waals surface area contributed by atoms with E-state index in [9.17, 15) is 4.79 Å².